The van der Waals surface area contributed by atoms with Crippen LogP contribution in [-0.4, -0.2) is 11.7 Å². The van der Waals surface area contributed by atoms with Crippen LogP contribution in [0.2, 0.25) is 5.02 Å². The summed E-state index contributed by atoms with van der Waals surface area (Å²) in [6.07, 6.45) is 2.24. The van der Waals surface area contributed by atoms with Gasteiger partial charge in [-0.25, -0.2) is 0 Å². The van der Waals surface area contributed by atoms with Gasteiger partial charge in [0.1, 0.15) is 5.75 Å². The van der Waals surface area contributed by atoms with Crippen LogP contribution in [0.4, 0.5) is 5.69 Å². The number of hydrogen-bond donors (Lipinski definition) is 1. The lowest BCUT2D eigenvalue weighted by Gasteiger charge is -2.28. The molecule has 1 saturated heterocycles. The molecule has 2 nitrogen and oxygen atoms in total. The van der Waals surface area contributed by atoms with Crippen molar-refractivity contribution in [2.24, 2.45) is 0 Å². The van der Waals surface area contributed by atoms with Gasteiger partial charge in [-0.2, -0.15) is 0 Å². The molecule has 98 valence electrons. The summed E-state index contributed by atoms with van der Waals surface area (Å²) in [5, 5.41) is 10.7. The van der Waals surface area contributed by atoms with E-state index in [9.17, 15) is 5.11 Å². The molecule has 1 aliphatic rings. The average molecular weight is 274 g/mol. The van der Waals surface area contributed by atoms with Crippen molar-refractivity contribution in [1.29, 1.82) is 0 Å². The second kappa shape index (κ2) is 5.14. The van der Waals surface area contributed by atoms with E-state index in [1.807, 2.05) is 12.1 Å². The lowest BCUT2D eigenvalue weighted by molar-refractivity contribution is 0.473. The molecule has 2 aromatic carbocycles. The quantitative estimate of drug-likeness (QED) is 0.877. The van der Waals surface area contributed by atoms with Gasteiger partial charge in [-0.05, 0) is 36.6 Å². The van der Waals surface area contributed by atoms with Crippen LogP contribution in [0.3, 0.4) is 0 Å². The molecule has 0 bridgehead atoms. The van der Waals surface area contributed by atoms with Crippen molar-refractivity contribution in [3.8, 4) is 5.75 Å². The smallest absolute Gasteiger partial charge is 0.139 e. The number of nitrogens with zero attached hydrogens (tertiary/aromatic N) is 1. The Morgan fingerprint density at radius 1 is 1.11 bits per heavy atom. The number of phenols is 1. The number of rotatable bonds is 2. The largest absolute Gasteiger partial charge is 0.506 e. The van der Waals surface area contributed by atoms with E-state index in [1.54, 1.807) is 12.1 Å². The number of aromatic hydroxyl groups is 1. The van der Waals surface area contributed by atoms with E-state index in [0.717, 1.165) is 25.1 Å². The third kappa shape index (κ3) is 2.41. The van der Waals surface area contributed by atoms with Crippen LogP contribution < -0.4 is 4.90 Å². The predicted octanol–water partition coefficient (Wildman–Crippen LogP) is 4.39. The molecular formula is C16H16ClNO. The van der Waals surface area contributed by atoms with Gasteiger partial charge in [0, 0.05) is 11.6 Å². The van der Waals surface area contributed by atoms with Crippen molar-refractivity contribution >= 4 is 17.3 Å². The summed E-state index contributed by atoms with van der Waals surface area (Å²) in [4.78, 5) is 2.25. The van der Waals surface area contributed by atoms with E-state index in [-0.39, 0.29) is 0 Å². The fourth-order valence-electron chi connectivity index (χ4n) is 2.80. The Bertz CT molecular complexity index is 570. The Balaban J connectivity index is 1.97. The van der Waals surface area contributed by atoms with Gasteiger partial charge in [0.15, 0.2) is 0 Å². The summed E-state index contributed by atoms with van der Waals surface area (Å²) in [6, 6.07) is 16.0. The molecule has 0 aromatic heterocycles. The van der Waals surface area contributed by atoms with Crippen LogP contribution >= 0.6 is 11.6 Å². The maximum absolute atomic E-state index is 10.1. The van der Waals surface area contributed by atoms with Gasteiger partial charge in [0.2, 0.25) is 0 Å². The van der Waals surface area contributed by atoms with Crippen LogP contribution in [0.1, 0.15) is 24.4 Å². The van der Waals surface area contributed by atoms with Crippen molar-refractivity contribution in [2.45, 2.75) is 18.9 Å². The number of hydrogen-bond acceptors (Lipinski definition) is 2. The van der Waals surface area contributed by atoms with Crippen LogP contribution in [0.15, 0.2) is 48.5 Å². The molecule has 1 aliphatic heterocycles. The second-order valence-corrected chi connectivity index (χ2v) is 5.33. The van der Waals surface area contributed by atoms with Crippen molar-refractivity contribution in [2.75, 3.05) is 11.4 Å². The highest BCUT2D eigenvalue weighted by Gasteiger charge is 2.27. The molecule has 0 saturated carbocycles. The summed E-state index contributed by atoms with van der Waals surface area (Å²) in [5.41, 5.74) is 2.12. The first-order valence-electron chi connectivity index (χ1n) is 6.56. The van der Waals surface area contributed by atoms with Gasteiger partial charge in [0.25, 0.3) is 0 Å². The third-order valence-corrected chi connectivity index (χ3v) is 3.92. The first-order valence-corrected chi connectivity index (χ1v) is 6.93. The monoisotopic (exact) mass is 273 g/mol. The first-order chi connectivity index (χ1) is 9.25. The van der Waals surface area contributed by atoms with Gasteiger partial charge < -0.3 is 10.0 Å². The molecule has 0 aliphatic carbocycles. The summed E-state index contributed by atoms with van der Waals surface area (Å²) in [6.45, 7) is 0.952. The van der Waals surface area contributed by atoms with Gasteiger partial charge >= 0.3 is 0 Å². The summed E-state index contributed by atoms with van der Waals surface area (Å²) < 4.78 is 0. The minimum atomic E-state index is 0.298. The molecule has 19 heavy (non-hydrogen) atoms. The molecule has 0 amide bonds. The minimum Gasteiger partial charge on any atom is -0.506 e. The zero-order valence-corrected chi connectivity index (χ0v) is 11.3. The normalized spacial score (nSPS) is 18.8. The van der Waals surface area contributed by atoms with Crippen LogP contribution in [-0.2, 0) is 0 Å². The maximum atomic E-state index is 10.1. The predicted molar refractivity (Wildman–Crippen MR) is 78.9 cm³/mol. The van der Waals surface area contributed by atoms with E-state index in [4.69, 9.17) is 11.6 Å². The summed E-state index contributed by atoms with van der Waals surface area (Å²) in [7, 11) is 0. The Labute approximate surface area is 118 Å². The van der Waals surface area contributed by atoms with E-state index in [2.05, 4.69) is 29.2 Å². The Hall–Kier alpha value is -1.67. The Morgan fingerprint density at radius 3 is 2.68 bits per heavy atom. The molecule has 1 N–H and O–H groups in total. The molecule has 0 radical (unpaired) electrons. The van der Waals surface area contributed by atoms with Gasteiger partial charge in [-0.15, -0.1) is 0 Å². The van der Waals surface area contributed by atoms with Gasteiger partial charge in [0.05, 0.1) is 11.7 Å². The average Bonchev–Trinajstić information content (AvgIpc) is 2.91. The summed E-state index contributed by atoms with van der Waals surface area (Å²) in [5.74, 6) is 0.298. The molecule has 3 rings (SSSR count). The zero-order valence-electron chi connectivity index (χ0n) is 10.6. The Kier molecular flexibility index (Phi) is 3.34. The molecule has 1 unspecified atom stereocenters. The first kappa shape index (κ1) is 12.4. The molecule has 3 heteroatoms. The fourth-order valence-corrected chi connectivity index (χ4v) is 2.97. The molecule has 0 spiro atoms. The lowest BCUT2D eigenvalue weighted by Crippen LogP contribution is -2.22. The van der Waals surface area contributed by atoms with Crippen molar-refractivity contribution in [1.82, 2.24) is 0 Å². The SMILES string of the molecule is Oc1ccc(Cl)cc1N1CCCC1c1ccccc1. The van der Waals surface area contributed by atoms with Crippen LogP contribution in [0, 0.1) is 0 Å². The lowest BCUT2D eigenvalue weighted by atomic mass is 10.0. The van der Waals surface area contributed by atoms with Gasteiger partial charge in [-0.3, -0.25) is 0 Å². The highest BCUT2D eigenvalue weighted by atomic mass is 35.5. The zero-order chi connectivity index (χ0) is 13.2. The van der Waals surface area contributed by atoms with E-state index < -0.39 is 0 Å². The third-order valence-electron chi connectivity index (χ3n) is 3.68. The van der Waals surface area contributed by atoms with E-state index >= 15 is 0 Å². The van der Waals surface area contributed by atoms with Gasteiger partial charge in [-0.1, -0.05) is 41.9 Å². The highest BCUT2D eigenvalue weighted by molar-refractivity contribution is 6.30. The van der Waals surface area contributed by atoms with Crippen LogP contribution in [0.5, 0.6) is 5.75 Å². The molecule has 2 aromatic rings. The standard InChI is InChI=1S/C16H16ClNO/c17-13-8-9-16(19)15(11-13)18-10-4-7-14(18)12-5-2-1-3-6-12/h1-3,5-6,8-9,11,14,19H,4,7,10H2. The maximum Gasteiger partial charge on any atom is 0.139 e. The highest BCUT2D eigenvalue weighted by Crippen LogP contribution is 2.40. The molecule has 1 heterocycles. The van der Waals surface area contributed by atoms with Crippen molar-refractivity contribution < 1.29 is 5.11 Å². The molecular weight excluding hydrogens is 258 g/mol. The van der Waals surface area contributed by atoms with Crippen molar-refractivity contribution in [3.63, 3.8) is 0 Å². The summed E-state index contributed by atoms with van der Waals surface area (Å²) >= 11 is 6.05. The Morgan fingerprint density at radius 2 is 1.89 bits per heavy atom. The second-order valence-electron chi connectivity index (χ2n) is 4.90. The number of anilines is 1. The minimum absolute atomic E-state index is 0.298. The van der Waals surface area contributed by atoms with E-state index in [0.29, 0.717) is 16.8 Å². The van der Waals surface area contributed by atoms with E-state index in [1.165, 1.54) is 5.56 Å². The molecule has 1 atom stereocenters. The van der Waals surface area contributed by atoms with Crippen LogP contribution in [0.25, 0.3) is 0 Å². The van der Waals surface area contributed by atoms with Crippen molar-refractivity contribution in [3.05, 3.63) is 59.1 Å². The molecule has 1 fully saturated rings. The number of phenolic OH excluding ortho intramolecular Hbond substituents is 1. The number of benzene rings is 2. The topological polar surface area (TPSA) is 23.5 Å². The number of halogens is 1. The fraction of sp³-hybridized carbons (Fsp3) is 0.250.